The van der Waals surface area contributed by atoms with Crippen LogP contribution in [0.15, 0.2) is 24.3 Å². The van der Waals surface area contributed by atoms with Gasteiger partial charge in [-0.05, 0) is 51.4 Å². The second-order valence-corrected chi connectivity index (χ2v) is 11.1. The summed E-state index contributed by atoms with van der Waals surface area (Å²) < 4.78 is 10.1. The first-order valence-electron chi connectivity index (χ1n) is 16.7. The third kappa shape index (κ3) is 32.5. The molecule has 0 aromatic heterocycles. The van der Waals surface area contributed by atoms with Crippen LogP contribution in [0.1, 0.15) is 174 Å². The van der Waals surface area contributed by atoms with Gasteiger partial charge in [-0.3, -0.25) is 9.59 Å². The highest BCUT2D eigenvalue weighted by atomic mass is 16.5. The van der Waals surface area contributed by atoms with E-state index in [0.717, 1.165) is 38.5 Å². The highest BCUT2D eigenvalue weighted by Gasteiger charge is 2.03. The molecule has 0 rings (SSSR count). The minimum atomic E-state index is -0.0844. The molecule has 4 heteroatoms. The fourth-order valence-corrected chi connectivity index (χ4v) is 4.76. The first kappa shape index (κ1) is 37.4. The number of hydrogen-bond donors (Lipinski definition) is 0. The van der Waals surface area contributed by atoms with Crippen molar-refractivity contribution in [3.63, 3.8) is 0 Å². The Balaban J connectivity index is 3.23. The number of hydrogen-bond acceptors (Lipinski definition) is 4. The summed E-state index contributed by atoms with van der Waals surface area (Å²) in [7, 11) is 1.46. The van der Waals surface area contributed by atoms with Crippen molar-refractivity contribution >= 4 is 11.9 Å². The smallest absolute Gasteiger partial charge is 0.305 e. The largest absolute Gasteiger partial charge is 0.469 e. The third-order valence-electron chi connectivity index (χ3n) is 7.35. The fraction of sp³-hybridized carbons (Fsp3) is 0.829. The number of rotatable bonds is 30. The van der Waals surface area contributed by atoms with Gasteiger partial charge in [-0.25, -0.2) is 0 Å². The number of esters is 2. The lowest BCUT2D eigenvalue weighted by Crippen LogP contribution is -2.05. The van der Waals surface area contributed by atoms with Gasteiger partial charge in [0.1, 0.15) is 0 Å². The minimum absolute atomic E-state index is 0.0100. The predicted molar refractivity (Wildman–Crippen MR) is 167 cm³/mol. The van der Waals surface area contributed by atoms with Crippen LogP contribution in [0.2, 0.25) is 0 Å². The van der Waals surface area contributed by atoms with E-state index >= 15 is 0 Å². The molecule has 0 radical (unpaired) electrons. The molecule has 0 N–H and O–H groups in total. The minimum Gasteiger partial charge on any atom is -0.469 e. The van der Waals surface area contributed by atoms with Gasteiger partial charge in [-0.2, -0.15) is 0 Å². The van der Waals surface area contributed by atoms with Crippen molar-refractivity contribution in [2.75, 3.05) is 13.7 Å². The Hall–Kier alpha value is -1.58. The average molecular weight is 549 g/mol. The molecule has 0 aromatic carbocycles. The van der Waals surface area contributed by atoms with E-state index in [1.807, 2.05) is 0 Å². The number of methoxy groups -OCH3 is 1. The van der Waals surface area contributed by atoms with Crippen molar-refractivity contribution in [2.24, 2.45) is 0 Å². The summed E-state index contributed by atoms with van der Waals surface area (Å²) in [6, 6.07) is 0. The molecule has 228 valence electrons. The quantitative estimate of drug-likeness (QED) is 0.0509. The molecule has 39 heavy (non-hydrogen) atoms. The van der Waals surface area contributed by atoms with Gasteiger partial charge in [0.2, 0.25) is 0 Å². The second-order valence-electron chi connectivity index (χ2n) is 11.1. The summed E-state index contributed by atoms with van der Waals surface area (Å²) in [6.45, 7) is 2.84. The molecule has 0 aromatic rings. The van der Waals surface area contributed by atoms with Crippen LogP contribution in [0.5, 0.6) is 0 Å². The topological polar surface area (TPSA) is 52.6 Å². The lowest BCUT2D eigenvalue weighted by atomic mass is 10.0. The number of unbranched alkanes of at least 4 members (excludes halogenated alkanes) is 20. The monoisotopic (exact) mass is 548 g/mol. The number of allylic oxidation sites excluding steroid dienone is 4. The van der Waals surface area contributed by atoms with Gasteiger partial charge in [0.05, 0.1) is 13.7 Å². The molecule has 0 aliphatic heterocycles. The predicted octanol–water partition coefficient (Wildman–Crippen LogP) is 11.0. The van der Waals surface area contributed by atoms with Crippen molar-refractivity contribution in [1.82, 2.24) is 0 Å². The van der Waals surface area contributed by atoms with E-state index in [-0.39, 0.29) is 11.9 Å². The third-order valence-corrected chi connectivity index (χ3v) is 7.35. The van der Waals surface area contributed by atoms with E-state index in [9.17, 15) is 9.59 Å². The molecule has 0 saturated heterocycles. The molecule has 0 bridgehead atoms. The standard InChI is InChI=1S/C35H64O4/c1-3-4-5-6-7-8-9-10-11-13-17-20-23-26-29-32-35(37)39-33-30-27-24-21-18-15-12-14-16-19-22-25-28-31-34(36)38-2/h7-8,10-11H,3-6,9,12-33H2,1-2H3/b8-7-,11-10-. The van der Waals surface area contributed by atoms with Crippen LogP contribution in [0.3, 0.4) is 0 Å². The zero-order chi connectivity index (χ0) is 28.5. The van der Waals surface area contributed by atoms with Crippen LogP contribution in [0.4, 0.5) is 0 Å². The van der Waals surface area contributed by atoms with Crippen LogP contribution in [0, 0.1) is 0 Å². The van der Waals surface area contributed by atoms with Gasteiger partial charge in [-0.1, -0.05) is 134 Å². The SMILES string of the molecule is CCCCC/C=C\C/C=C\CCCCCCCC(=O)OCCCCCCCCCCCCCCCC(=O)OC. The second kappa shape index (κ2) is 32.6. The molecule has 0 fully saturated rings. The molecule has 0 aliphatic carbocycles. The van der Waals surface area contributed by atoms with Crippen molar-refractivity contribution in [3.05, 3.63) is 24.3 Å². The van der Waals surface area contributed by atoms with Gasteiger partial charge in [0, 0.05) is 12.8 Å². The van der Waals surface area contributed by atoms with E-state index in [1.54, 1.807) is 0 Å². The summed E-state index contributed by atoms with van der Waals surface area (Å²) in [5.74, 6) is -0.0945. The maximum absolute atomic E-state index is 11.9. The fourth-order valence-electron chi connectivity index (χ4n) is 4.76. The van der Waals surface area contributed by atoms with Crippen LogP contribution < -0.4 is 0 Å². The van der Waals surface area contributed by atoms with Gasteiger partial charge >= 0.3 is 11.9 Å². The van der Waals surface area contributed by atoms with E-state index in [4.69, 9.17) is 4.74 Å². The zero-order valence-electron chi connectivity index (χ0n) is 26.0. The van der Waals surface area contributed by atoms with Crippen LogP contribution in [-0.4, -0.2) is 25.7 Å². The Morgan fingerprint density at radius 3 is 1.38 bits per heavy atom. The Bertz CT molecular complexity index is 581. The molecule has 0 heterocycles. The summed E-state index contributed by atoms with van der Waals surface area (Å²) in [4.78, 5) is 22.9. The highest BCUT2D eigenvalue weighted by molar-refractivity contribution is 5.69. The average Bonchev–Trinajstić information content (AvgIpc) is 2.94. The Morgan fingerprint density at radius 1 is 0.487 bits per heavy atom. The van der Waals surface area contributed by atoms with Gasteiger partial charge in [0.25, 0.3) is 0 Å². The molecule has 0 unspecified atom stereocenters. The zero-order valence-corrected chi connectivity index (χ0v) is 26.0. The lowest BCUT2D eigenvalue weighted by molar-refractivity contribution is -0.144. The van der Waals surface area contributed by atoms with Crippen LogP contribution in [-0.2, 0) is 19.1 Å². The lowest BCUT2D eigenvalue weighted by Gasteiger charge is -2.05. The molecule has 0 spiro atoms. The summed E-state index contributed by atoms with van der Waals surface area (Å²) in [5.41, 5.74) is 0. The normalized spacial score (nSPS) is 11.5. The van der Waals surface area contributed by atoms with Crippen LogP contribution >= 0.6 is 0 Å². The van der Waals surface area contributed by atoms with Crippen molar-refractivity contribution in [3.8, 4) is 0 Å². The van der Waals surface area contributed by atoms with E-state index in [1.165, 1.54) is 123 Å². The van der Waals surface area contributed by atoms with Crippen LogP contribution in [0.25, 0.3) is 0 Å². The summed E-state index contributed by atoms with van der Waals surface area (Å²) in [5, 5.41) is 0. The van der Waals surface area contributed by atoms with E-state index in [0.29, 0.717) is 19.4 Å². The number of carbonyl (C=O) groups excluding carboxylic acids is 2. The Labute approximate surface area is 242 Å². The highest BCUT2D eigenvalue weighted by Crippen LogP contribution is 2.13. The first-order chi connectivity index (χ1) is 19.2. The maximum Gasteiger partial charge on any atom is 0.305 e. The first-order valence-corrected chi connectivity index (χ1v) is 16.7. The number of carbonyl (C=O) groups is 2. The summed E-state index contributed by atoms with van der Waals surface area (Å²) >= 11 is 0. The molecule has 0 aliphatic rings. The molecule has 0 saturated carbocycles. The number of ether oxygens (including phenoxy) is 2. The maximum atomic E-state index is 11.9. The van der Waals surface area contributed by atoms with E-state index in [2.05, 4.69) is 36.0 Å². The van der Waals surface area contributed by atoms with E-state index < -0.39 is 0 Å². The van der Waals surface area contributed by atoms with Gasteiger partial charge in [0.15, 0.2) is 0 Å². The molecular weight excluding hydrogens is 484 g/mol. The van der Waals surface area contributed by atoms with Gasteiger partial charge < -0.3 is 9.47 Å². The molecular formula is C35H64O4. The molecule has 0 atom stereocenters. The van der Waals surface area contributed by atoms with Crippen molar-refractivity contribution < 1.29 is 19.1 Å². The Morgan fingerprint density at radius 2 is 0.897 bits per heavy atom. The molecule has 4 nitrogen and oxygen atoms in total. The Kier molecular flexibility index (Phi) is 31.3. The van der Waals surface area contributed by atoms with Crippen molar-refractivity contribution in [2.45, 2.75) is 174 Å². The molecule has 0 amide bonds. The van der Waals surface area contributed by atoms with Crippen molar-refractivity contribution in [1.29, 1.82) is 0 Å². The summed E-state index contributed by atoms with van der Waals surface area (Å²) in [6.07, 6.45) is 39.6. The van der Waals surface area contributed by atoms with Gasteiger partial charge in [-0.15, -0.1) is 0 Å².